The molecule has 0 bridgehead atoms. The average Bonchev–Trinajstić information content (AvgIpc) is 2.43. The summed E-state index contributed by atoms with van der Waals surface area (Å²) in [6.45, 7) is 0. The molecule has 0 unspecified atom stereocenters. The van der Waals surface area contributed by atoms with E-state index in [2.05, 4.69) is 4.74 Å². The highest BCUT2D eigenvalue weighted by Gasteiger charge is 2.07. The summed E-state index contributed by atoms with van der Waals surface area (Å²) >= 11 is 0. The number of esters is 1. The second-order valence-corrected chi connectivity index (χ2v) is 3.95. The molecule has 0 aliphatic carbocycles. The van der Waals surface area contributed by atoms with E-state index in [1.54, 1.807) is 12.1 Å². The quantitative estimate of drug-likeness (QED) is 0.677. The maximum atomic E-state index is 11.1. The van der Waals surface area contributed by atoms with Crippen LogP contribution in [0.25, 0.3) is 16.8 Å². The van der Waals surface area contributed by atoms with Crippen molar-refractivity contribution in [2.24, 2.45) is 0 Å². The van der Waals surface area contributed by atoms with Gasteiger partial charge in [-0.1, -0.05) is 24.3 Å². The number of hydrogen-bond acceptors (Lipinski definition) is 3. The third-order valence-electron chi connectivity index (χ3n) is 2.74. The largest absolute Gasteiger partial charge is 0.478 e. The van der Waals surface area contributed by atoms with Crippen molar-refractivity contribution in [3.63, 3.8) is 0 Å². The zero-order valence-electron chi connectivity index (χ0n) is 10.3. The molecule has 0 spiro atoms. The van der Waals surface area contributed by atoms with Crippen LogP contribution < -0.4 is 0 Å². The fourth-order valence-electron chi connectivity index (χ4n) is 1.83. The number of carboxylic acid groups (broad SMARTS) is 1. The molecule has 0 aliphatic rings. The van der Waals surface area contributed by atoms with Crippen LogP contribution in [0.2, 0.25) is 0 Å². The first-order chi connectivity index (χ1) is 9.11. The number of ether oxygens (including phenoxy) is 1. The van der Waals surface area contributed by atoms with Gasteiger partial charge in [0.25, 0.3) is 0 Å². The van der Waals surface area contributed by atoms with Crippen LogP contribution in [0.1, 0.15) is 15.9 Å². The molecule has 2 rings (SSSR count). The van der Waals surface area contributed by atoms with Crippen molar-refractivity contribution in [3.05, 3.63) is 53.6 Å². The van der Waals surface area contributed by atoms with Gasteiger partial charge in [0.1, 0.15) is 0 Å². The number of carbonyl (C=O) groups excluding carboxylic acids is 1. The minimum Gasteiger partial charge on any atom is -0.478 e. The van der Waals surface area contributed by atoms with Crippen LogP contribution in [0.5, 0.6) is 0 Å². The molecule has 96 valence electrons. The van der Waals surface area contributed by atoms with Crippen molar-refractivity contribution in [2.75, 3.05) is 7.11 Å². The van der Waals surface area contributed by atoms with Gasteiger partial charge in [0.2, 0.25) is 0 Å². The van der Waals surface area contributed by atoms with E-state index >= 15 is 0 Å². The molecule has 0 amide bonds. The third kappa shape index (κ3) is 2.80. The summed E-state index contributed by atoms with van der Waals surface area (Å²) in [4.78, 5) is 22.2. The lowest BCUT2D eigenvalue weighted by Crippen LogP contribution is -1.97. The van der Waals surface area contributed by atoms with Gasteiger partial charge in [0.15, 0.2) is 0 Å². The Morgan fingerprint density at radius 3 is 2.63 bits per heavy atom. The first-order valence-corrected chi connectivity index (χ1v) is 5.64. The molecule has 0 heterocycles. The molecule has 2 aromatic carbocycles. The molecule has 4 heteroatoms. The zero-order chi connectivity index (χ0) is 13.8. The highest BCUT2D eigenvalue weighted by Crippen LogP contribution is 2.22. The minimum atomic E-state index is -1.00. The average molecular weight is 256 g/mol. The molecule has 0 fully saturated rings. The van der Waals surface area contributed by atoms with Crippen molar-refractivity contribution in [3.8, 4) is 0 Å². The summed E-state index contributed by atoms with van der Waals surface area (Å²) in [6.07, 6.45) is 2.83. The molecule has 4 nitrogen and oxygen atoms in total. The summed E-state index contributed by atoms with van der Waals surface area (Å²) in [5, 5.41) is 10.8. The van der Waals surface area contributed by atoms with E-state index in [0.717, 1.165) is 10.8 Å². The number of carbonyl (C=O) groups is 2. The van der Waals surface area contributed by atoms with Gasteiger partial charge in [-0.15, -0.1) is 0 Å². The maximum Gasteiger partial charge on any atom is 0.335 e. The van der Waals surface area contributed by atoms with Crippen molar-refractivity contribution in [1.29, 1.82) is 0 Å². The van der Waals surface area contributed by atoms with Gasteiger partial charge < -0.3 is 9.84 Å². The molecule has 0 atom stereocenters. The number of benzene rings is 2. The molecule has 0 saturated carbocycles. The molecule has 0 saturated heterocycles. The van der Waals surface area contributed by atoms with Crippen molar-refractivity contribution < 1.29 is 19.4 Å². The molecule has 0 aliphatic heterocycles. The first kappa shape index (κ1) is 12.8. The molecule has 2 aromatic rings. The Hall–Kier alpha value is -2.62. The van der Waals surface area contributed by atoms with Gasteiger partial charge >= 0.3 is 11.9 Å². The molecule has 1 N–H and O–H groups in total. The smallest absolute Gasteiger partial charge is 0.335 e. The van der Waals surface area contributed by atoms with Crippen LogP contribution in [0.4, 0.5) is 0 Å². The Balaban J connectivity index is 2.60. The van der Waals surface area contributed by atoms with Gasteiger partial charge in [-0.25, -0.2) is 9.59 Å². The normalized spacial score (nSPS) is 10.8. The molecule has 0 radical (unpaired) electrons. The Morgan fingerprint density at radius 1 is 1.21 bits per heavy atom. The lowest BCUT2D eigenvalue weighted by molar-refractivity contribution is -0.134. The topological polar surface area (TPSA) is 63.6 Å². The summed E-state index contributed by atoms with van der Waals surface area (Å²) in [5.41, 5.74) is 0.851. The Bertz CT molecular complexity index is 671. The van der Waals surface area contributed by atoms with Crippen LogP contribution in [-0.4, -0.2) is 24.2 Å². The number of rotatable bonds is 3. The Kier molecular flexibility index (Phi) is 3.61. The maximum absolute atomic E-state index is 11.1. The number of carboxylic acids is 1. The number of hydrogen-bond donors (Lipinski definition) is 1. The second kappa shape index (κ2) is 5.35. The Morgan fingerprint density at radius 2 is 1.95 bits per heavy atom. The minimum absolute atomic E-state index is 0.184. The summed E-state index contributed by atoms with van der Waals surface area (Å²) in [6, 6.07) is 10.5. The fourth-order valence-corrected chi connectivity index (χ4v) is 1.83. The number of aromatic carboxylic acids is 1. The highest BCUT2D eigenvalue weighted by atomic mass is 16.5. The van der Waals surface area contributed by atoms with E-state index in [9.17, 15) is 9.59 Å². The predicted octanol–water partition coefficient (Wildman–Crippen LogP) is 2.72. The van der Waals surface area contributed by atoms with Crippen molar-refractivity contribution >= 4 is 28.8 Å². The van der Waals surface area contributed by atoms with Crippen LogP contribution in [0.3, 0.4) is 0 Å². The third-order valence-corrected chi connectivity index (χ3v) is 2.74. The summed E-state index contributed by atoms with van der Waals surface area (Å²) < 4.78 is 4.52. The SMILES string of the molecule is COC(=O)C=Cc1cc(C(=O)O)cc2ccccc12. The molecule has 0 aromatic heterocycles. The standard InChI is InChI=1S/C15H12O4/c1-19-14(16)7-6-11-9-12(15(17)18)8-10-4-2-3-5-13(10)11/h2-9H,1H3,(H,17,18). The van der Waals surface area contributed by atoms with Gasteiger partial charge in [0.05, 0.1) is 12.7 Å². The lowest BCUT2D eigenvalue weighted by atomic mass is 10.0. The van der Waals surface area contributed by atoms with E-state index in [-0.39, 0.29) is 5.56 Å². The number of methoxy groups -OCH3 is 1. The van der Waals surface area contributed by atoms with Crippen LogP contribution >= 0.6 is 0 Å². The monoisotopic (exact) mass is 256 g/mol. The van der Waals surface area contributed by atoms with E-state index < -0.39 is 11.9 Å². The van der Waals surface area contributed by atoms with Gasteiger partial charge in [-0.3, -0.25) is 0 Å². The summed E-state index contributed by atoms with van der Waals surface area (Å²) in [7, 11) is 1.29. The predicted molar refractivity (Wildman–Crippen MR) is 72.0 cm³/mol. The van der Waals surface area contributed by atoms with Gasteiger partial charge in [0, 0.05) is 6.08 Å². The lowest BCUT2D eigenvalue weighted by Gasteiger charge is -2.04. The van der Waals surface area contributed by atoms with Crippen LogP contribution in [0.15, 0.2) is 42.5 Å². The van der Waals surface area contributed by atoms with Gasteiger partial charge in [-0.2, -0.15) is 0 Å². The number of fused-ring (bicyclic) bond motifs is 1. The van der Waals surface area contributed by atoms with E-state index in [1.807, 2.05) is 24.3 Å². The molecular formula is C15H12O4. The molecule has 19 heavy (non-hydrogen) atoms. The van der Waals surface area contributed by atoms with Crippen LogP contribution in [0, 0.1) is 0 Å². The molecular weight excluding hydrogens is 244 g/mol. The van der Waals surface area contributed by atoms with E-state index in [0.29, 0.717) is 5.56 Å². The second-order valence-electron chi connectivity index (χ2n) is 3.95. The fraction of sp³-hybridized carbons (Fsp3) is 0.0667. The van der Waals surface area contributed by atoms with E-state index in [4.69, 9.17) is 5.11 Å². The van der Waals surface area contributed by atoms with Crippen LogP contribution in [-0.2, 0) is 9.53 Å². The Labute approximate surface area is 109 Å². The summed E-state index contributed by atoms with van der Waals surface area (Å²) in [5.74, 6) is -1.48. The van der Waals surface area contributed by atoms with Crippen molar-refractivity contribution in [2.45, 2.75) is 0 Å². The van der Waals surface area contributed by atoms with Crippen molar-refractivity contribution in [1.82, 2.24) is 0 Å². The van der Waals surface area contributed by atoms with Gasteiger partial charge in [-0.05, 0) is 34.5 Å². The van der Waals surface area contributed by atoms with E-state index in [1.165, 1.54) is 19.3 Å². The zero-order valence-corrected chi connectivity index (χ0v) is 10.3. The highest BCUT2D eigenvalue weighted by molar-refractivity contribution is 6.00. The first-order valence-electron chi connectivity index (χ1n) is 5.64.